The van der Waals surface area contributed by atoms with Gasteiger partial charge in [0.1, 0.15) is 0 Å². The standard InChI is InChI=1S/C8H16BN/c1-7(2)10-5-3-8(9)4-6-10/h7-8H,3-6H2,1-2H3. The summed E-state index contributed by atoms with van der Waals surface area (Å²) in [5, 5.41) is 0. The van der Waals surface area contributed by atoms with Crippen LogP contribution >= 0.6 is 0 Å². The number of rotatable bonds is 1. The highest BCUT2D eigenvalue weighted by Crippen LogP contribution is 2.19. The first-order chi connectivity index (χ1) is 4.70. The van der Waals surface area contributed by atoms with Crippen molar-refractivity contribution in [1.82, 2.24) is 4.90 Å². The van der Waals surface area contributed by atoms with E-state index in [0.717, 1.165) is 0 Å². The predicted octanol–water partition coefficient (Wildman–Crippen LogP) is 1.45. The minimum Gasteiger partial charge on any atom is -0.301 e. The molecule has 0 spiro atoms. The molecule has 2 radical (unpaired) electrons. The van der Waals surface area contributed by atoms with E-state index >= 15 is 0 Å². The highest BCUT2D eigenvalue weighted by molar-refractivity contribution is 6.11. The fraction of sp³-hybridized carbons (Fsp3) is 1.00. The molecule has 0 atom stereocenters. The molecule has 0 saturated carbocycles. The van der Waals surface area contributed by atoms with Gasteiger partial charge in [-0.3, -0.25) is 0 Å². The maximum Gasteiger partial charge on any atom is 0.0700 e. The van der Waals surface area contributed by atoms with Crippen LogP contribution in [0.15, 0.2) is 0 Å². The van der Waals surface area contributed by atoms with Crippen molar-refractivity contribution in [3.63, 3.8) is 0 Å². The second-order valence-corrected chi connectivity index (χ2v) is 3.47. The Morgan fingerprint density at radius 1 is 1.30 bits per heavy atom. The summed E-state index contributed by atoms with van der Waals surface area (Å²) in [7, 11) is 5.77. The van der Waals surface area contributed by atoms with E-state index in [0.29, 0.717) is 11.9 Å². The molecule has 0 aliphatic carbocycles. The highest BCUT2D eigenvalue weighted by Gasteiger charge is 2.16. The van der Waals surface area contributed by atoms with Crippen LogP contribution in [0.4, 0.5) is 0 Å². The van der Waals surface area contributed by atoms with Crippen LogP contribution in [-0.4, -0.2) is 31.9 Å². The van der Waals surface area contributed by atoms with Gasteiger partial charge in [0.05, 0.1) is 7.85 Å². The zero-order chi connectivity index (χ0) is 7.56. The van der Waals surface area contributed by atoms with Crippen LogP contribution in [-0.2, 0) is 0 Å². The van der Waals surface area contributed by atoms with Gasteiger partial charge in [0.15, 0.2) is 0 Å². The van der Waals surface area contributed by atoms with Gasteiger partial charge in [-0.15, -0.1) is 0 Å². The van der Waals surface area contributed by atoms with E-state index in [4.69, 9.17) is 7.85 Å². The number of nitrogens with zero attached hydrogens (tertiary/aromatic N) is 1. The average molecular weight is 137 g/mol. The second-order valence-electron chi connectivity index (χ2n) is 3.47. The normalized spacial score (nSPS) is 23.9. The highest BCUT2D eigenvalue weighted by atomic mass is 15.1. The van der Waals surface area contributed by atoms with Crippen molar-refractivity contribution in [2.24, 2.45) is 0 Å². The van der Waals surface area contributed by atoms with Gasteiger partial charge in [-0.2, -0.15) is 0 Å². The molecule has 0 aromatic rings. The van der Waals surface area contributed by atoms with Crippen molar-refractivity contribution in [3.8, 4) is 0 Å². The zero-order valence-corrected chi connectivity index (χ0v) is 7.01. The molecule has 56 valence electrons. The minimum absolute atomic E-state index is 0.468. The summed E-state index contributed by atoms with van der Waals surface area (Å²) in [6.07, 6.45) is 2.36. The maximum absolute atomic E-state index is 5.77. The number of likely N-dealkylation sites (tertiary alicyclic amines) is 1. The zero-order valence-electron chi connectivity index (χ0n) is 7.01. The lowest BCUT2D eigenvalue weighted by atomic mass is 9.79. The molecule has 10 heavy (non-hydrogen) atoms. The van der Waals surface area contributed by atoms with Gasteiger partial charge in [-0.25, -0.2) is 0 Å². The van der Waals surface area contributed by atoms with Gasteiger partial charge in [-0.1, -0.05) is 5.82 Å². The van der Waals surface area contributed by atoms with Gasteiger partial charge in [-0.05, 0) is 39.8 Å². The Morgan fingerprint density at radius 3 is 2.20 bits per heavy atom. The van der Waals surface area contributed by atoms with Gasteiger partial charge in [0, 0.05) is 6.04 Å². The van der Waals surface area contributed by atoms with Crippen LogP contribution in [0.3, 0.4) is 0 Å². The minimum atomic E-state index is 0.468. The quantitative estimate of drug-likeness (QED) is 0.494. The molecule has 0 bridgehead atoms. The maximum atomic E-state index is 5.77. The van der Waals surface area contributed by atoms with Crippen molar-refractivity contribution < 1.29 is 0 Å². The van der Waals surface area contributed by atoms with E-state index in [1.165, 1.54) is 25.9 Å². The lowest BCUT2D eigenvalue weighted by Crippen LogP contribution is -2.37. The topological polar surface area (TPSA) is 3.24 Å². The first kappa shape index (κ1) is 8.12. The molecule has 1 heterocycles. The lowest BCUT2D eigenvalue weighted by molar-refractivity contribution is 0.185. The molecular formula is C8H16BN. The Balaban J connectivity index is 2.26. The van der Waals surface area contributed by atoms with Crippen molar-refractivity contribution in [2.45, 2.75) is 38.5 Å². The number of hydrogen-bond acceptors (Lipinski definition) is 1. The van der Waals surface area contributed by atoms with Crippen LogP contribution in [0.1, 0.15) is 26.7 Å². The third-order valence-electron chi connectivity index (χ3n) is 2.30. The van der Waals surface area contributed by atoms with Crippen molar-refractivity contribution in [1.29, 1.82) is 0 Å². The summed E-state index contributed by atoms with van der Waals surface area (Å²) in [5.74, 6) is 0.468. The van der Waals surface area contributed by atoms with Crippen molar-refractivity contribution >= 4 is 7.85 Å². The third kappa shape index (κ3) is 2.01. The molecule has 0 aromatic heterocycles. The molecule has 1 aliphatic heterocycles. The third-order valence-corrected chi connectivity index (χ3v) is 2.30. The summed E-state index contributed by atoms with van der Waals surface area (Å²) < 4.78 is 0. The molecule has 2 heteroatoms. The summed E-state index contributed by atoms with van der Waals surface area (Å²) in [4.78, 5) is 2.49. The summed E-state index contributed by atoms with van der Waals surface area (Å²) in [5.41, 5.74) is 0. The van der Waals surface area contributed by atoms with E-state index in [1.54, 1.807) is 0 Å². The van der Waals surface area contributed by atoms with Gasteiger partial charge < -0.3 is 4.90 Å². The molecule has 1 nitrogen and oxygen atoms in total. The Kier molecular flexibility index (Phi) is 2.78. The number of hydrogen-bond donors (Lipinski definition) is 0. The Morgan fingerprint density at radius 2 is 1.80 bits per heavy atom. The SMILES string of the molecule is [B]C1CCN(C(C)C)CC1. The first-order valence-electron chi connectivity index (χ1n) is 4.20. The smallest absolute Gasteiger partial charge is 0.0700 e. The van der Waals surface area contributed by atoms with Crippen molar-refractivity contribution in [3.05, 3.63) is 0 Å². The Hall–Kier alpha value is 0.0249. The summed E-state index contributed by atoms with van der Waals surface area (Å²) in [6.45, 7) is 6.88. The molecule has 1 aliphatic rings. The van der Waals surface area contributed by atoms with Gasteiger partial charge in [0.25, 0.3) is 0 Å². The number of piperidine rings is 1. The molecule has 1 rings (SSSR count). The lowest BCUT2D eigenvalue weighted by Gasteiger charge is -2.33. The molecule has 1 saturated heterocycles. The van der Waals surface area contributed by atoms with E-state index in [-0.39, 0.29) is 0 Å². The van der Waals surface area contributed by atoms with Crippen LogP contribution < -0.4 is 0 Å². The average Bonchev–Trinajstić information content (AvgIpc) is 1.88. The molecule has 0 amide bonds. The summed E-state index contributed by atoms with van der Waals surface area (Å²) >= 11 is 0. The van der Waals surface area contributed by atoms with E-state index in [9.17, 15) is 0 Å². The molecule has 0 unspecified atom stereocenters. The predicted molar refractivity (Wildman–Crippen MR) is 45.4 cm³/mol. The second kappa shape index (κ2) is 3.43. The van der Waals surface area contributed by atoms with Gasteiger partial charge in [0.2, 0.25) is 0 Å². The first-order valence-corrected chi connectivity index (χ1v) is 4.20. The Bertz CT molecular complexity index is 95.4. The van der Waals surface area contributed by atoms with Gasteiger partial charge >= 0.3 is 0 Å². The van der Waals surface area contributed by atoms with E-state index in [2.05, 4.69) is 18.7 Å². The summed E-state index contributed by atoms with van der Waals surface area (Å²) in [6, 6.07) is 0.701. The Labute approximate surface area is 65.2 Å². The monoisotopic (exact) mass is 137 g/mol. The molecular weight excluding hydrogens is 121 g/mol. The molecule has 0 N–H and O–H groups in total. The largest absolute Gasteiger partial charge is 0.301 e. The molecule has 1 fully saturated rings. The molecule has 0 aromatic carbocycles. The van der Waals surface area contributed by atoms with Crippen LogP contribution in [0, 0.1) is 0 Å². The van der Waals surface area contributed by atoms with Crippen LogP contribution in [0.25, 0.3) is 0 Å². The fourth-order valence-corrected chi connectivity index (χ4v) is 1.44. The van der Waals surface area contributed by atoms with E-state index in [1.807, 2.05) is 0 Å². The van der Waals surface area contributed by atoms with Crippen LogP contribution in [0.5, 0.6) is 0 Å². The fourth-order valence-electron chi connectivity index (χ4n) is 1.44. The van der Waals surface area contributed by atoms with Crippen LogP contribution in [0.2, 0.25) is 5.82 Å². The van der Waals surface area contributed by atoms with Crippen molar-refractivity contribution in [2.75, 3.05) is 13.1 Å². The van der Waals surface area contributed by atoms with E-state index < -0.39 is 0 Å².